The van der Waals surface area contributed by atoms with Gasteiger partial charge in [0.05, 0.1) is 58.6 Å². The van der Waals surface area contributed by atoms with Crippen molar-refractivity contribution in [1.82, 2.24) is 19.7 Å². The first kappa shape index (κ1) is 24.8. The molecule has 0 radical (unpaired) electrons. The molecule has 1 aliphatic heterocycles. The lowest BCUT2D eigenvalue weighted by Crippen LogP contribution is -2.37. The number of nitrogens with zero attached hydrogens (tertiary/aromatic N) is 4. The number of anilines is 1. The number of alkyl halides is 6. The van der Waals surface area contributed by atoms with E-state index in [9.17, 15) is 31.1 Å². The van der Waals surface area contributed by atoms with Crippen LogP contribution in [0, 0.1) is 0 Å². The number of nitrogens with two attached hydrogens (primary N) is 1. The van der Waals surface area contributed by atoms with Crippen molar-refractivity contribution in [2.45, 2.75) is 25.0 Å². The molecule has 7 nitrogen and oxygen atoms in total. The molecule has 0 aliphatic carbocycles. The molecule has 0 saturated carbocycles. The monoisotopic (exact) mass is 523 g/mol. The van der Waals surface area contributed by atoms with Gasteiger partial charge in [0.2, 0.25) is 0 Å². The van der Waals surface area contributed by atoms with Crippen LogP contribution >= 0.6 is 0 Å². The Morgan fingerprint density at radius 3 is 2.51 bits per heavy atom. The smallest absolute Gasteiger partial charge is 0.383 e. The number of hydrogen-bond acceptors (Lipinski definition) is 5. The second-order valence-corrected chi connectivity index (χ2v) is 8.80. The standard InChI is InChI=1S/C24H19F6N5O2/c1-34(19-10-37-9-11-5-12(23(25,26)27)3-4-13(11)19)22(36)14-6-15-18(7-17(14)24(28,29)30)33-21(31)16-8-32-35(2)20(15)16/h3-8,19H,9-10H2,1-2H3,(H2,31,33)/t19-/m1/s1. The summed E-state index contributed by atoms with van der Waals surface area (Å²) in [5, 5.41) is 4.75. The van der Waals surface area contributed by atoms with Crippen molar-refractivity contribution in [2.24, 2.45) is 7.05 Å². The number of hydrogen-bond donors (Lipinski definition) is 1. The molecule has 194 valence electrons. The van der Waals surface area contributed by atoms with Crippen LogP contribution < -0.4 is 5.73 Å². The molecule has 37 heavy (non-hydrogen) atoms. The minimum absolute atomic E-state index is 0.00546. The molecule has 3 heterocycles. The molecule has 0 fully saturated rings. The highest BCUT2D eigenvalue weighted by atomic mass is 19.4. The number of amides is 1. The van der Waals surface area contributed by atoms with Gasteiger partial charge < -0.3 is 15.4 Å². The Bertz CT molecular complexity index is 1560. The Balaban J connectivity index is 1.64. The number of aryl methyl sites for hydroxylation is 1. The molecule has 0 bridgehead atoms. The summed E-state index contributed by atoms with van der Waals surface area (Å²) in [5.41, 5.74) is 4.09. The number of ether oxygens (including phenoxy) is 1. The van der Waals surface area contributed by atoms with E-state index in [0.29, 0.717) is 16.5 Å². The summed E-state index contributed by atoms with van der Waals surface area (Å²) in [5.74, 6) is -0.989. The predicted molar refractivity (Wildman–Crippen MR) is 121 cm³/mol. The summed E-state index contributed by atoms with van der Waals surface area (Å²) in [4.78, 5) is 18.7. The van der Waals surface area contributed by atoms with E-state index in [0.717, 1.165) is 29.2 Å². The normalized spacial score (nSPS) is 16.3. The zero-order valence-electron chi connectivity index (χ0n) is 19.4. The first-order valence-corrected chi connectivity index (χ1v) is 10.9. The Labute approximate surface area is 205 Å². The molecule has 2 aromatic carbocycles. The van der Waals surface area contributed by atoms with E-state index < -0.39 is 41.0 Å². The molecule has 2 aromatic heterocycles. The van der Waals surface area contributed by atoms with Crippen LogP contribution in [-0.2, 0) is 30.7 Å². The van der Waals surface area contributed by atoms with E-state index in [1.807, 2.05) is 0 Å². The van der Waals surface area contributed by atoms with Crippen LogP contribution in [0.4, 0.5) is 32.2 Å². The summed E-state index contributed by atoms with van der Waals surface area (Å²) in [6, 6.07) is 3.99. The highest BCUT2D eigenvalue weighted by Gasteiger charge is 2.39. The fraction of sp³-hybridized carbons (Fsp3) is 0.292. The number of benzene rings is 2. The fourth-order valence-electron chi connectivity index (χ4n) is 4.67. The van der Waals surface area contributed by atoms with Crippen molar-refractivity contribution < 1.29 is 35.9 Å². The topological polar surface area (TPSA) is 86.3 Å². The summed E-state index contributed by atoms with van der Waals surface area (Å²) in [7, 11) is 2.87. The van der Waals surface area contributed by atoms with Crippen LogP contribution in [0.25, 0.3) is 21.8 Å². The Morgan fingerprint density at radius 2 is 1.84 bits per heavy atom. The molecule has 0 spiro atoms. The van der Waals surface area contributed by atoms with Gasteiger partial charge in [-0.1, -0.05) is 6.07 Å². The van der Waals surface area contributed by atoms with E-state index >= 15 is 0 Å². The molecule has 1 aliphatic rings. The Morgan fingerprint density at radius 1 is 1.11 bits per heavy atom. The van der Waals surface area contributed by atoms with Gasteiger partial charge in [-0.15, -0.1) is 0 Å². The van der Waals surface area contributed by atoms with E-state index in [2.05, 4.69) is 10.1 Å². The highest BCUT2D eigenvalue weighted by Crippen LogP contribution is 2.39. The number of carbonyl (C=O) groups excluding carboxylic acids is 1. The number of carbonyl (C=O) groups is 1. The number of rotatable bonds is 2. The largest absolute Gasteiger partial charge is 0.417 e. The Hall–Kier alpha value is -3.87. The van der Waals surface area contributed by atoms with Gasteiger partial charge in [-0.3, -0.25) is 9.48 Å². The summed E-state index contributed by atoms with van der Waals surface area (Å²) >= 11 is 0. The van der Waals surface area contributed by atoms with Crippen molar-refractivity contribution in [3.8, 4) is 0 Å². The molecule has 5 rings (SSSR count). The summed E-state index contributed by atoms with van der Waals surface area (Å²) in [6.07, 6.45) is -8.06. The molecule has 0 unspecified atom stereocenters. The zero-order chi connectivity index (χ0) is 26.9. The van der Waals surface area contributed by atoms with Crippen molar-refractivity contribution in [2.75, 3.05) is 19.4 Å². The van der Waals surface area contributed by atoms with E-state index in [-0.39, 0.29) is 35.5 Å². The molecular formula is C24H19F6N5O2. The third kappa shape index (κ3) is 4.12. The van der Waals surface area contributed by atoms with Crippen LogP contribution in [0.2, 0.25) is 0 Å². The minimum Gasteiger partial charge on any atom is -0.383 e. The second-order valence-electron chi connectivity index (χ2n) is 8.80. The zero-order valence-corrected chi connectivity index (χ0v) is 19.4. The van der Waals surface area contributed by atoms with Gasteiger partial charge in [-0.25, -0.2) is 4.98 Å². The SMILES string of the molecule is CN(C(=O)c1cc2c(cc1C(F)(F)F)nc(N)c1cnn(C)c12)[C@@H]1COCc2cc(C(F)(F)F)ccc21. The molecule has 1 amide bonds. The van der Waals surface area contributed by atoms with E-state index in [1.54, 1.807) is 7.05 Å². The lowest BCUT2D eigenvalue weighted by molar-refractivity contribution is -0.138. The fourth-order valence-corrected chi connectivity index (χ4v) is 4.67. The van der Waals surface area contributed by atoms with E-state index in [1.165, 1.54) is 24.0 Å². The van der Waals surface area contributed by atoms with Crippen molar-refractivity contribution in [3.63, 3.8) is 0 Å². The Kier molecular flexibility index (Phi) is 5.59. The maximum atomic E-state index is 14.1. The van der Waals surface area contributed by atoms with Crippen LogP contribution in [-0.4, -0.2) is 39.2 Å². The molecule has 1 atom stereocenters. The van der Waals surface area contributed by atoms with Crippen molar-refractivity contribution >= 4 is 33.5 Å². The van der Waals surface area contributed by atoms with Crippen LogP contribution in [0.5, 0.6) is 0 Å². The van der Waals surface area contributed by atoms with Crippen LogP contribution in [0.15, 0.2) is 36.5 Å². The van der Waals surface area contributed by atoms with Gasteiger partial charge >= 0.3 is 12.4 Å². The van der Waals surface area contributed by atoms with Gasteiger partial charge in [0.25, 0.3) is 5.91 Å². The van der Waals surface area contributed by atoms with Crippen LogP contribution in [0.1, 0.15) is 38.7 Å². The third-order valence-electron chi connectivity index (χ3n) is 6.53. The molecule has 4 aromatic rings. The van der Waals surface area contributed by atoms with Gasteiger partial charge in [-0.05, 0) is 35.4 Å². The number of halogens is 6. The maximum absolute atomic E-state index is 14.1. The van der Waals surface area contributed by atoms with Crippen molar-refractivity contribution in [1.29, 1.82) is 0 Å². The minimum atomic E-state index is -4.90. The third-order valence-corrected chi connectivity index (χ3v) is 6.53. The van der Waals surface area contributed by atoms with Gasteiger partial charge in [0, 0.05) is 19.5 Å². The molecule has 13 heteroatoms. The number of likely N-dealkylation sites (N-methyl/N-ethyl adjacent to an activating group) is 1. The average molecular weight is 523 g/mol. The van der Waals surface area contributed by atoms with Gasteiger partial charge in [-0.2, -0.15) is 31.4 Å². The predicted octanol–water partition coefficient (Wildman–Crippen LogP) is 5.08. The van der Waals surface area contributed by atoms with Crippen molar-refractivity contribution in [3.05, 3.63) is 64.3 Å². The molecular weight excluding hydrogens is 504 g/mol. The highest BCUT2D eigenvalue weighted by molar-refractivity contribution is 6.10. The molecule has 0 saturated heterocycles. The average Bonchev–Trinajstić information content (AvgIpc) is 3.23. The lowest BCUT2D eigenvalue weighted by atomic mass is 9.94. The number of nitrogen functional groups attached to an aromatic ring is 1. The van der Waals surface area contributed by atoms with E-state index in [4.69, 9.17) is 10.5 Å². The molecule has 2 N–H and O–H groups in total. The first-order chi connectivity index (χ1) is 17.3. The first-order valence-electron chi connectivity index (χ1n) is 10.9. The van der Waals surface area contributed by atoms with Gasteiger partial charge in [0.15, 0.2) is 0 Å². The quantitative estimate of drug-likeness (QED) is 0.370. The lowest BCUT2D eigenvalue weighted by Gasteiger charge is -2.34. The maximum Gasteiger partial charge on any atom is 0.417 e. The van der Waals surface area contributed by atoms with Crippen LogP contribution in [0.3, 0.4) is 0 Å². The van der Waals surface area contributed by atoms with Gasteiger partial charge in [0.1, 0.15) is 5.82 Å². The second kappa shape index (κ2) is 8.33. The number of aromatic nitrogens is 3. The number of pyridine rings is 1. The summed E-state index contributed by atoms with van der Waals surface area (Å²) < 4.78 is 88.6. The summed E-state index contributed by atoms with van der Waals surface area (Å²) in [6.45, 7) is -0.216. The number of fused-ring (bicyclic) bond motifs is 4.